The van der Waals surface area contributed by atoms with Gasteiger partial charge in [0, 0.05) is 37.5 Å². The summed E-state index contributed by atoms with van der Waals surface area (Å²) in [5.41, 5.74) is 4.50. The summed E-state index contributed by atoms with van der Waals surface area (Å²) in [6.45, 7) is 3.21. The van der Waals surface area contributed by atoms with Crippen molar-refractivity contribution in [2.75, 3.05) is 26.3 Å². The number of aromatic nitrogens is 1. The maximum absolute atomic E-state index is 13.5. The van der Waals surface area contributed by atoms with Crippen molar-refractivity contribution in [3.63, 3.8) is 0 Å². The minimum absolute atomic E-state index is 0.0155. The molecule has 6 nitrogen and oxygen atoms in total. The molecule has 0 aliphatic carbocycles. The predicted molar refractivity (Wildman–Crippen MR) is 166 cm³/mol. The van der Waals surface area contributed by atoms with Crippen LogP contribution in [0, 0.1) is 0 Å². The second-order valence-electron chi connectivity index (χ2n) is 9.95. The molecule has 0 aliphatic rings. The summed E-state index contributed by atoms with van der Waals surface area (Å²) in [4.78, 5) is 31.1. The zero-order valence-electron chi connectivity index (χ0n) is 24.1. The van der Waals surface area contributed by atoms with E-state index in [-0.39, 0.29) is 24.4 Å². The van der Waals surface area contributed by atoms with Crippen LogP contribution in [0.15, 0.2) is 116 Å². The molecule has 0 radical (unpaired) electrons. The highest BCUT2D eigenvalue weighted by atomic mass is 16.6. The zero-order valence-corrected chi connectivity index (χ0v) is 24.1. The first kappa shape index (κ1) is 30.3. The van der Waals surface area contributed by atoms with E-state index in [2.05, 4.69) is 53.5 Å². The number of hydrogen-bond acceptors (Lipinski definition) is 5. The minimum Gasteiger partial charge on any atom is -0.482 e. The number of ether oxygens (including phenoxy) is 2. The van der Waals surface area contributed by atoms with E-state index in [4.69, 9.17) is 9.47 Å². The Hall–Kier alpha value is -4.71. The van der Waals surface area contributed by atoms with Gasteiger partial charge in [0.1, 0.15) is 5.75 Å². The number of pyridine rings is 1. The lowest BCUT2D eigenvalue weighted by Crippen LogP contribution is -2.32. The Morgan fingerprint density at radius 2 is 1.55 bits per heavy atom. The zero-order chi connectivity index (χ0) is 29.4. The number of hydrogen-bond donors (Lipinski definition) is 0. The number of nitrogens with zero attached hydrogens (tertiary/aromatic N) is 2. The summed E-state index contributed by atoms with van der Waals surface area (Å²) < 4.78 is 10.5. The largest absolute Gasteiger partial charge is 0.482 e. The second kappa shape index (κ2) is 16.5. The first-order chi connectivity index (χ1) is 20.6. The first-order valence-electron chi connectivity index (χ1n) is 14.5. The molecule has 0 unspecified atom stereocenters. The smallest absolute Gasteiger partial charge is 0.344 e. The van der Waals surface area contributed by atoms with E-state index in [1.54, 1.807) is 25.4 Å². The average Bonchev–Trinajstić information content (AvgIpc) is 3.04. The molecule has 0 N–H and O–H groups in total. The third kappa shape index (κ3) is 9.73. The number of aryl methyl sites for hydroxylation is 1. The lowest BCUT2D eigenvalue weighted by atomic mass is 9.88. The van der Waals surface area contributed by atoms with Gasteiger partial charge >= 0.3 is 5.97 Å². The van der Waals surface area contributed by atoms with E-state index in [9.17, 15) is 9.59 Å². The van der Waals surface area contributed by atoms with Gasteiger partial charge in [-0.2, -0.15) is 0 Å². The number of amides is 1. The molecule has 0 aliphatic heterocycles. The number of esters is 1. The summed E-state index contributed by atoms with van der Waals surface area (Å²) in [5.74, 6) is 0.404. The van der Waals surface area contributed by atoms with Crippen LogP contribution in [0.1, 0.15) is 47.9 Å². The van der Waals surface area contributed by atoms with Crippen molar-refractivity contribution in [3.8, 4) is 5.75 Å². The fourth-order valence-corrected chi connectivity index (χ4v) is 4.87. The highest BCUT2D eigenvalue weighted by Gasteiger charge is 2.18. The van der Waals surface area contributed by atoms with Crippen molar-refractivity contribution in [2.24, 2.45) is 0 Å². The van der Waals surface area contributed by atoms with Crippen LogP contribution in [-0.4, -0.2) is 48.1 Å². The van der Waals surface area contributed by atoms with Crippen LogP contribution in [0.3, 0.4) is 0 Å². The van der Waals surface area contributed by atoms with Crippen LogP contribution in [0.2, 0.25) is 0 Å². The van der Waals surface area contributed by atoms with Crippen molar-refractivity contribution >= 4 is 18.0 Å². The highest BCUT2D eigenvalue weighted by Crippen LogP contribution is 2.28. The van der Waals surface area contributed by atoms with E-state index >= 15 is 0 Å². The molecular formula is C36H38N2O4. The van der Waals surface area contributed by atoms with Crippen LogP contribution < -0.4 is 4.74 Å². The Morgan fingerprint density at radius 1 is 0.857 bits per heavy atom. The Labute approximate surface area is 248 Å². The molecule has 0 fully saturated rings. The quantitative estimate of drug-likeness (QED) is 0.119. The van der Waals surface area contributed by atoms with E-state index in [1.165, 1.54) is 11.1 Å². The Morgan fingerprint density at radius 3 is 2.21 bits per heavy atom. The SMILES string of the molecule is CCOC(=O)COc1cccc(CCCN(CCC(c2ccccc2)c2ccccc2)C(=O)/C=C/c2ccncc2)c1. The van der Waals surface area contributed by atoms with Gasteiger partial charge in [-0.3, -0.25) is 9.78 Å². The second-order valence-corrected chi connectivity index (χ2v) is 9.95. The molecule has 216 valence electrons. The lowest BCUT2D eigenvalue weighted by molar-refractivity contribution is -0.145. The molecule has 1 amide bonds. The van der Waals surface area contributed by atoms with E-state index in [0.717, 1.165) is 30.4 Å². The summed E-state index contributed by atoms with van der Waals surface area (Å²) >= 11 is 0. The van der Waals surface area contributed by atoms with Crippen molar-refractivity contribution in [2.45, 2.75) is 32.1 Å². The van der Waals surface area contributed by atoms with Gasteiger partial charge in [-0.25, -0.2) is 4.79 Å². The molecule has 0 atom stereocenters. The molecule has 0 spiro atoms. The van der Waals surface area contributed by atoms with Crippen molar-refractivity contribution < 1.29 is 19.1 Å². The van der Waals surface area contributed by atoms with Crippen LogP contribution in [0.4, 0.5) is 0 Å². The average molecular weight is 563 g/mol. The highest BCUT2D eigenvalue weighted by molar-refractivity contribution is 5.91. The van der Waals surface area contributed by atoms with Crippen molar-refractivity contribution in [1.82, 2.24) is 9.88 Å². The number of rotatable bonds is 15. The molecule has 1 aromatic heterocycles. The molecule has 0 bridgehead atoms. The maximum atomic E-state index is 13.5. The monoisotopic (exact) mass is 562 g/mol. The Kier molecular flexibility index (Phi) is 11.9. The van der Waals surface area contributed by atoms with Gasteiger partial charge in [-0.05, 0) is 78.8 Å². The van der Waals surface area contributed by atoms with E-state index in [1.807, 2.05) is 59.5 Å². The van der Waals surface area contributed by atoms with E-state index < -0.39 is 0 Å². The molecule has 0 saturated carbocycles. The fourth-order valence-electron chi connectivity index (χ4n) is 4.87. The van der Waals surface area contributed by atoms with Crippen molar-refractivity contribution in [3.05, 3.63) is 138 Å². The van der Waals surface area contributed by atoms with Crippen LogP contribution >= 0.6 is 0 Å². The maximum Gasteiger partial charge on any atom is 0.344 e. The molecule has 3 aromatic carbocycles. The van der Waals surface area contributed by atoms with Crippen LogP contribution in [0.5, 0.6) is 5.75 Å². The number of benzene rings is 3. The summed E-state index contributed by atoms with van der Waals surface area (Å²) in [5, 5.41) is 0. The Bertz CT molecular complexity index is 1370. The molecular weight excluding hydrogens is 524 g/mol. The number of carbonyl (C=O) groups is 2. The topological polar surface area (TPSA) is 68.7 Å². The number of carbonyl (C=O) groups excluding carboxylic acids is 2. The van der Waals surface area contributed by atoms with E-state index in [0.29, 0.717) is 25.4 Å². The Balaban J connectivity index is 1.44. The molecule has 0 saturated heterocycles. The molecule has 4 rings (SSSR count). The van der Waals surface area contributed by atoms with Gasteiger partial charge in [0.15, 0.2) is 6.61 Å². The van der Waals surface area contributed by atoms with Gasteiger partial charge in [0.25, 0.3) is 0 Å². The first-order valence-corrected chi connectivity index (χ1v) is 14.5. The molecule has 42 heavy (non-hydrogen) atoms. The van der Waals surface area contributed by atoms with Crippen molar-refractivity contribution in [1.29, 1.82) is 0 Å². The van der Waals surface area contributed by atoms with Crippen LogP contribution in [-0.2, 0) is 20.7 Å². The molecule has 1 heterocycles. The van der Waals surface area contributed by atoms with Gasteiger partial charge in [-0.15, -0.1) is 0 Å². The summed E-state index contributed by atoms with van der Waals surface area (Å²) in [7, 11) is 0. The van der Waals surface area contributed by atoms with Gasteiger partial charge in [-0.1, -0.05) is 72.8 Å². The minimum atomic E-state index is -0.388. The van der Waals surface area contributed by atoms with Crippen LogP contribution in [0.25, 0.3) is 6.08 Å². The van der Waals surface area contributed by atoms with Gasteiger partial charge in [0.05, 0.1) is 6.61 Å². The third-order valence-electron chi connectivity index (χ3n) is 6.98. The third-order valence-corrected chi connectivity index (χ3v) is 6.98. The molecule has 6 heteroatoms. The normalized spacial score (nSPS) is 11.0. The predicted octanol–water partition coefficient (Wildman–Crippen LogP) is 6.72. The van der Waals surface area contributed by atoms with Gasteiger partial charge < -0.3 is 14.4 Å². The van der Waals surface area contributed by atoms with Gasteiger partial charge in [0.2, 0.25) is 5.91 Å². The molecule has 4 aromatic rings. The summed E-state index contributed by atoms with van der Waals surface area (Å²) in [6, 6.07) is 32.4. The fraction of sp³-hybridized carbons (Fsp3) is 0.250. The standard InChI is InChI=1S/C36H38N2O4/c1-2-41-36(40)28-42-33-17-9-11-30(27-33)12-10-25-38(35(39)19-18-29-20-23-37-24-21-29)26-22-34(31-13-5-3-6-14-31)32-15-7-4-8-16-32/h3-9,11,13-21,23-24,27,34H,2,10,12,22,25-26,28H2,1H3/b19-18+. The summed E-state index contributed by atoms with van der Waals surface area (Å²) in [6.07, 6.45) is 9.30. The lowest BCUT2D eigenvalue weighted by Gasteiger charge is -2.25.